The van der Waals surface area contributed by atoms with E-state index in [1.54, 1.807) is 0 Å². The van der Waals surface area contributed by atoms with E-state index < -0.39 is 11.6 Å². The van der Waals surface area contributed by atoms with Crippen LogP contribution in [-0.2, 0) is 0 Å². The van der Waals surface area contributed by atoms with Crippen LogP contribution >= 0.6 is 23.5 Å². The molecule has 4 rings (SSSR count). The molecule has 3 aromatic rings. The first-order chi connectivity index (χ1) is 9.72. The van der Waals surface area contributed by atoms with Gasteiger partial charge in [0.25, 0.3) is 0 Å². The predicted molar refractivity (Wildman–Crippen MR) is 78.6 cm³/mol. The van der Waals surface area contributed by atoms with Gasteiger partial charge in [-0.05, 0) is 29.0 Å². The summed E-state index contributed by atoms with van der Waals surface area (Å²) >= 11 is 3.00. The van der Waals surface area contributed by atoms with E-state index in [4.69, 9.17) is 0 Å². The summed E-state index contributed by atoms with van der Waals surface area (Å²) in [5.74, 6) is -1.58. The van der Waals surface area contributed by atoms with Crippen molar-refractivity contribution in [1.82, 2.24) is 0 Å². The molecule has 0 radical (unpaired) electrons. The maximum atomic E-state index is 13.4. The van der Waals surface area contributed by atoms with Gasteiger partial charge in [0.1, 0.15) is 0 Å². The molecule has 4 heteroatoms. The Hall–Kier alpha value is -1.52. The standard InChI is InChI=1S/C16H8F2S2/c17-11-7-14-15(8-12(11)18)20-16-10-4-2-1-3-9(10)5-6-13(16)19-14/h1-8H. The Kier molecular flexibility index (Phi) is 2.75. The van der Waals surface area contributed by atoms with E-state index in [0.717, 1.165) is 30.4 Å². The molecule has 0 spiro atoms. The molecule has 0 aliphatic carbocycles. The molecule has 0 fully saturated rings. The zero-order chi connectivity index (χ0) is 13.7. The summed E-state index contributed by atoms with van der Waals surface area (Å²) in [4.78, 5) is 3.76. The monoisotopic (exact) mass is 302 g/mol. The van der Waals surface area contributed by atoms with Crippen molar-refractivity contribution in [3.05, 3.63) is 60.2 Å². The Labute approximate surface area is 123 Å². The fraction of sp³-hybridized carbons (Fsp3) is 0. The minimum atomic E-state index is -0.791. The van der Waals surface area contributed by atoms with Gasteiger partial charge in [-0.2, -0.15) is 0 Å². The molecule has 1 aliphatic rings. The van der Waals surface area contributed by atoms with Crippen molar-refractivity contribution in [2.45, 2.75) is 19.6 Å². The lowest BCUT2D eigenvalue weighted by atomic mass is 10.1. The number of benzene rings is 3. The summed E-state index contributed by atoms with van der Waals surface area (Å²) in [7, 11) is 0. The first-order valence-corrected chi connectivity index (χ1v) is 7.72. The molecule has 0 N–H and O–H groups in total. The zero-order valence-corrected chi connectivity index (χ0v) is 11.8. The minimum absolute atomic E-state index is 0.775. The highest BCUT2D eigenvalue weighted by Gasteiger charge is 2.21. The highest BCUT2D eigenvalue weighted by atomic mass is 32.2. The third-order valence-electron chi connectivity index (χ3n) is 3.26. The summed E-state index contributed by atoms with van der Waals surface area (Å²) in [6.07, 6.45) is 0. The van der Waals surface area contributed by atoms with Gasteiger partial charge in [-0.25, -0.2) is 8.78 Å². The number of hydrogen-bond donors (Lipinski definition) is 0. The van der Waals surface area contributed by atoms with Crippen LogP contribution in [0.4, 0.5) is 8.78 Å². The Morgan fingerprint density at radius 2 is 1.40 bits per heavy atom. The molecule has 0 amide bonds. The van der Waals surface area contributed by atoms with Crippen molar-refractivity contribution in [1.29, 1.82) is 0 Å². The first-order valence-electron chi connectivity index (χ1n) is 6.09. The maximum absolute atomic E-state index is 13.4. The van der Waals surface area contributed by atoms with Crippen LogP contribution in [0.1, 0.15) is 0 Å². The van der Waals surface area contributed by atoms with E-state index in [1.165, 1.54) is 35.7 Å². The Bertz CT molecular complexity index is 843. The molecule has 3 aromatic carbocycles. The molecule has 0 nitrogen and oxygen atoms in total. The van der Waals surface area contributed by atoms with E-state index in [2.05, 4.69) is 18.2 Å². The van der Waals surface area contributed by atoms with E-state index in [1.807, 2.05) is 18.2 Å². The third kappa shape index (κ3) is 1.83. The molecule has 0 saturated carbocycles. The smallest absolute Gasteiger partial charge is 0.160 e. The number of hydrogen-bond acceptors (Lipinski definition) is 2. The lowest BCUT2D eigenvalue weighted by molar-refractivity contribution is 0.502. The van der Waals surface area contributed by atoms with Crippen molar-refractivity contribution < 1.29 is 8.78 Å². The summed E-state index contributed by atoms with van der Waals surface area (Å²) in [6.45, 7) is 0. The molecule has 0 bridgehead atoms. The van der Waals surface area contributed by atoms with E-state index in [-0.39, 0.29) is 0 Å². The average Bonchev–Trinajstić information content (AvgIpc) is 2.47. The van der Waals surface area contributed by atoms with Crippen LogP contribution in [0.2, 0.25) is 0 Å². The zero-order valence-electron chi connectivity index (χ0n) is 10.2. The molecule has 1 aliphatic heterocycles. The van der Waals surface area contributed by atoms with Crippen molar-refractivity contribution in [2.24, 2.45) is 0 Å². The maximum Gasteiger partial charge on any atom is 0.160 e. The van der Waals surface area contributed by atoms with E-state index in [0.29, 0.717) is 0 Å². The third-order valence-corrected chi connectivity index (χ3v) is 5.84. The van der Waals surface area contributed by atoms with Gasteiger partial charge in [0, 0.05) is 19.6 Å². The van der Waals surface area contributed by atoms with Gasteiger partial charge in [-0.1, -0.05) is 53.9 Å². The number of halogens is 2. The molecule has 0 atom stereocenters. The van der Waals surface area contributed by atoms with Crippen LogP contribution < -0.4 is 0 Å². The van der Waals surface area contributed by atoms with Crippen molar-refractivity contribution in [3.8, 4) is 0 Å². The van der Waals surface area contributed by atoms with Crippen LogP contribution in [0.3, 0.4) is 0 Å². The van der Waals surface area contributed by atoms with Gasteiger partial charge in [0.05, 0.1) is 0 Å². The molecule has 0 unspecified atom stereocenters. The van der Waals surface area contributed by atoms with Gasteiger partial charge < -0.3 is 0 Å². The second kappa shape index (κ2) is 4.50. The van der Waals surface area contributed by atoms with E-state index >= 15 is 0 Å². The predicted octanol–water partition coefficient (Wildman–Crippen LogP) is 5.73. The van der Waals surface area contributed by atoms with Gasteiger partial charge in [0.2, 0.25) is 0 Å². The molecule has 98 valence electrons. The number of rotatable bonds is 0. The topological polar surface area (TPSA) is 0 Å². The number of fused-ring (bicyclic) bond motifs is 4. The Morgan fingerprint density at radius 1 is 0.700 bits per heavy atom. The quantitative estimate of drug-likeness (QED) is 0.406. The van der Waals surface area contributed by atoms with Crippen molar-refractivity contribution in [2.75, 3.05) is 0 Å². The van der Waals surface area contributed by atoms with Gasteiger partial charge in [-0.15, -0.1) is 0 Å². The highest BCUT2D eigenvalue weighted by molar-refractivity contribution is 8.05. The summed E-state index contributed by atoms with van der Waals surface area (Å²) in [6, 6.07) is 14.8. The second-order valence-corrected chi connectivity index (χ2v) is 6.67. The van der Waals surface area contributed by atoms with Gasteiger partial charge in [0.15, 0.2) is 11.6 Å². The molecular weight excluding hydrogens is 294 g/mol. The van der Waals surface area contributed by atoms with Crippen molar-refractivity contribution >= 4 is 34.3 Å². The molecule has 1 heterocycles. The van der Waals surface area contributed by atoms with Crippen LogP contribution in [0.5, 0.6) is 0 Å². The van der Waals surface area contributed by atoms with Gasteiger partial charge in [-0.3, -0.25) is 0 Å². The largest absolute Gasteiger partial charge is 0.204 e. The molecular formula is C16H8F2S2. The Balaban J connectivity index is 1.94. The van der Waals surface area contributed by atoms with E-state index in [9.17, 15) is 8.78 Å². The van der Waals surface area contributed by atoms with Crippen LogP contribution in [-0.4, -0.2) is 0 Å². The molecule has 0 saturated heterocycles. The fourth-order valence-corrected chi connectivity index (χ4v) is 4.71. The molecule has 0 aromatic heterocycles. The molecule has 20 heavy (non-hydrogen) atoms. The second-order valence-electron chi connectivity index (χ2n) is 4.53. The van der Waals surface area contributed by atoms with Crippen LogP contribution in [0.25, 0.3) is 10.8 Å². The SMILES string of the molecule is Fc1cc2c(cc1F)Sc1c(ccc3ccccc13)S2. The first kappa shape index (κ1) is 12.2. The average molecular weight is 302 g/mol. The van der Waals surface area contributed by atoms with Crippen LogP contribution in [0, 0.1) is 11.6 Å². The lowest BCUT2D eigenvalue weighted by Gasteiger charge is -2.20. The lowest BCUT2D eigenvalue weighted by Crippen LogP contribution is -1.94. The summed E-state index contributed by atoms with van der Waals surface area (Å²) in [5, 5.41) is 2.31. The fourth-order valence-electron chi connectivity index (χ4n) is 2.31. The van der Waals surface area contributed by atoms with Gasteiger partial charge >= 0.3 is 0 Å². The van der Waals surface area contributed by atoms with Crippen molar-refractivity contribution in [3.63, 3.8) is 0 Å². The van der Waals surface area contributed by atoms with Crippen LogP contribution in [0.15, 0.2) is 68.1 Å². The normalized spacial score (nSPS) is 13.1. The summed E-state index contributed by atoms with van der Waals surface area (Å²) in [5.41, 5.74) is 0. The minimum Gasteiger partial charge on any atom is -0.204 e. The highest BCUT2D eigenvalue weighted by Crippen LogP contribution is 2.51. The summed E-state index contributed by atoms with van der Waals surface area (Å²) < 4.78 is 26.7. The Morgan fingerprint density at radius 3 is 2.20 bits per heavy atom.